The first-order chi connectivity index (χ1) is 9.26. The van der Waals surface area contributed by atoms with Gasteiger partial charge in [-0.3, -0.25) is 0 Å². The molecular formula is C13H19N3O4. The zero-order valence-corrected chi connectivity index (χ0v) is 11.9. The fraction of sp³-hybridized carbons (Fsp3) is 0.615. The normalized spacial score (nSPS) is 15.4. The number of rotatable bonds is 1. The lowest BCUT2D eigenvalue weighted by molar-refractivity contribution is 0.0253. The van der Waals surface area contributed by atoms with Gasteiger partial charge in [-0.2, -0.15) is 0 Å². The monoisotopic (exact) mass is 281 g/mol. The van der Waals surface area contributed by atoms with Gasteiger partial charge >= 0.3 is 12.1 Å². The third-order valence-electron chi connectivity index (χ3n) is 2.95. The summed E-state index contributed by atoms with van der Waals surface area (Å²) in [5.41, 5.74) is -0.473. The van der Waals surface area contributed by atoms with Crippen molar-refractivity contribution in [3.05, 3.63) is 17.7 Å². The smallest absolute Gasteiger partial charge is 0.410 e. The average molecular weight is 281 g/mol. The van der Waals surface area contributed by atoms with E-state index >= 15 is 0 Å². The number of fused-ring (bicyclic) bond motifs is 1. The Bertz CT molecular complexity index is 505. The highest BCUT2D eigenvalue weighted by molar-refractivity contribution is 5.85. The van der Waals surface area contributed by atoms with Gasteiger partial charge in [0, 0.05) is 32.3 Å². The molecule has 0 atom stereocenters. The maximum absolute atomic E-state index is 12.0. The minimum Gasteiger partial charge on any atom is -0.476 e. The number of hydrogen-bond donors (Lipinski definition) is 1. The van der Waals surface area contributed by atoms with Crippen LogP contribution in [-0.4, -0.2) is 50.3 Å². The third kappa shape index (κ3) is 3.28. The summed E-state index contributed by atoms with van der Waals surface area (Å²) >= 11 is 0. The Morgan fingerprint density at radius 3 is 2.60 bits per heavy atom. The molecule has 1 N–H and O–H groups in total. The van der Waals surface area contributed by atoms with Crippen molar-refractivity contribution in [1.29, 1.82) is 0 Å². The average Bonchev–Trinajstić information content (AvgIpc) is 2.61. The van der Waals surface area contributed by atoms with Gasteiger partial charge in [0.25, 0.3) is 0 Å². The lowest BCUT2D eigenvalue weighted by Crippen LogP contribution is -2.38. The first-order valence-corrected chi connectivity index (χ1v) is 6.53. The maximum atomic E-state index is 12.0. The molecule has 110 valence electrons. The molecule has 20 heavy (non-hydrogen) atoms. The van der Waals surface area contributed by atoms with Crippen molar-refractivity contribution in [1.82, 2.24) is 14.5 Å². The van der Waals surface area contributed by atoms with Crippen molar-refractivity contribution in [3.8, 4) is 0 Å². The number of nitrogens with zero attached hydrogens (tertiary/aromatic N) is 3. The van der Waals surface area contributed by atoms with Gasteiger partial charge in [0.1, 0.15) is 11.4 Å². The molecule has 1 aromatic heterocycles. The minimum absolute atomic E-state index is 0.0470. The van der Waals surface area contributed by atoms with Crippen LogP contribution in [-0.2, 0) is 17.7 Å². The van der Waals surface area contributed by atoms with Crippen LogP contribution in [0, 0.1) is 0 Å². The van der Waals surface area contributed by atoms with Crippen LogP contribution in [0.25, 0.3) is 0 Å². The van der Waals surface area contributed by atoms with E-state index in [4.69, 9.17) is 9.84 Å². The maximum Gasteiger partial charge on any atom is 0.410 e. The molecule has 0 saturated heterocycles. The molecule has 0 radical (unpaired) electrons. The Morgan fingerprint density at radius 2 is 2.00 bits per heavy atom. The van der Waals surface area contributed by atoms with Crippen molar-refractivity contribution < 1.29 is 19.4 Å². The van der Waals surface area contributed by atoms with Gasteiger partial charge in [-0.05, 0) is 20.8 Å². The SMILES string of the molecule is CC(C)(C)OC(=O)N1CCc2nc(C(=O)O)cn2CC1. The van der Waals surface area contributed by atoms with Crippen LogP contribution in [0.15, 0.2) is 6.20 Å². The molecule has 0 fully saturated rings. The molecule has 1 amide bonds. The van der Waals surface area contributed by atoms with Crippen molar-refractivity contribution in [3.63, 3.8) is 0 Å². The minimum atomic E-state index is -1.03. The van der Waals surface area contributed by atoms with E-state index in [1.54, 1.807) is 9.47 Å². The molecule has 1 aliphatic rings. The van der Waals surface area contributed by atoms with E-state index in [0.29, 0.717) is 31.9 Å². The number of carbonyl (C=O) groups is 2. The second-order valence-electron chi connectivity index (χ2n) is 5.76. The van der Waals surface area contributed by atoms with Crippen LogP contribution in [0.2, 0.25) is 0 Å². The number of carbonyl (C=O) groups excluding carboxylic acids is 1. The molecule has 1 aliphatic heterocycles. The van der Waals surface area contributed by atoms with Crippen LogP contribution in [0.1, 0.15) is 37.1 Å². The number of hydrogen-bond acceptors (Lipinski definition) is 4. The first kappa shape index (κ1) is 14.4. The van der Waals surface area contributed by atoms with Crippen LogP contribution in [0.3, 0.4) is 0 Å². The Kier molecular flexibility index (Phi) is 3.69. The van der Waals surface area contributed by atoms with Crippen molar-refractivity contribution in [2.75, 3.05) is 13.1 Å². The van der Waals surface area contributed by atoms with E-state index in [1.807, 2.05) is 20.8 Å². The molecule has 0 aromatic carbocycles. The molecule has 0 bridgehead atoms. The van der Waals surface area contributed by atoms with Gasteiger partial charge in [0.05, 0.1) is 0 Å². The molecule has 7 heteroatoms. The summed E-state index contributed by atoms with van der Waals surface area (Å²) in [5, 5.41) is 8.91. The van der Waals surface area contributed by atoms with E-state index in [-0.39, 0.29) is 11.8 Å². The summed E-state index contributed by atoms with van der Waals surface area (Å²) in [6, 6.07) is 0. The largest absolute Gasteiger partial charge is 0.476 e. The standard InChI is InChI=1S/C13H19N3O4/c1-13(2,3)20-12(19)15-5-4-10-14-9(11(17)18)8-16(10)7-6-15/h8H,4-7H2,1-3H3,(H,17,18). The molecule has 1 aromatic rings. The number of carboxylic acid groups (broad SMARTS) is 1. The molecule has 0 spiro atoms. The Morgan fingerprint density at radius 1 is 1.30 bits per heavy atom. The van der Waals surface area contributed by atoms with Crippen molar-refractivity contribution >= 4 is 12.1 Å². The second-order valence-corrected chi connectivity index (χ2v) is 5.76. The topological polar surface area (TPSA) is 84.7 Å². The molecule has 2 heterocycles. The number of ether oxygens (including phenoxy) is 1. The molecule has 7 nitrogen and oxygen atoms in total. The number of imidazole rings is 1. The summed E-state index contributed by atoms with van der Waals surface area (Å²) < 4.78 is 7.12. The highest BCUT2D eigenvalue weighted by atomic mass is 16.6. The van der Waals surface area contributed by atoms with E-state index in [9.17, 15) is 9.59 Å². The van der Waals surface area contributed by atoms with Crippen LogP contribution in [0.5, 0.6) is 0 Å². The van der Waals surface area contributed by atoms with Gasteiger partial charge in [-0.25, -0.2) is 14.6 Å². The zero-order chi connectivity index (χ0) is 14.9. The lowest BCUT2D eigenvalue weighted by Gasteiger charge is -2.26. The Labute approximate surface area is 117 Å². The molecule has 2 rings (SSSR count). The van der Waals surface area contributed by atoms with Crippen LogP contribution >= 0.6 is 0 Å². The number of aromatic nitrogens is 2. The summed E-state index contributed by atoms with van der Waals surface area (Å²) in [7, 11) is 0. The van der Waals surface area contributed by atoms with E-state index in [2.05, 4.69) is 4.98 Å². The Balaban J connectivity index is 2.03. The fourth-order valence-corrected chi connectivity index (χ4v) is 2.03. The van der Waals surface area contributed by atoms with Crippen LogP contribution in [0.4, 0.5) is 4.79 Å². The number of aromatic carboxylic acids is 1. The molecule has 0 aliphatic carbocycles. The van der Waals surface area contributed by atoms with E-state index in [1.165, 1.54) is 6.20 Å². The summed E-state index contributed by atoms with van der Waals surface area (Å²) in [5.74, 6) is -0.344. The second kappa shape index (κ2) is 5.15. The fourth-order valence-electron chi connectivity index (χ4n) is 2.03. The highest BCUT2D eigenvalue weighted by Gasteiger charge is 2.25. The predicted molar refractivity (Wildman–Crippen MR) is 70.7 cm³/mol. The third-order valence-corrected chi connectivity index (χ3v) is 2.95. The quantitative estimate of drug-likeness (QED) is 0.840. The van der Waals surface area contributed by atoms with E-state index < -0.39 is 11.6 Å². The van der Waals surface area contributed by atoms with E-state index in [0.717, 1.165) is 0 Å². The van der Waals surface area contributed by atoms with Crippen molar-refractivity contribution in [2.24, 2.45) is 0 Å². The first-order valence-electron chi connectivity index (χ1n) is 6.53. The van der Waals surface area contributed by atoms with Gasteiger partial charge in [0.15, 0.2) is 5.69 Å². The van der Waals surface area contributed by atoms with Gasteiger partial charge in [0.2, 0.25) is 0 Å². The molecule has 0 unspecified atom stereocenters. The summed E-state index contributed by atoms with van der Waals surface area (Å²) in [6.07, 6.45) is 1.68. The highest BCUT2D eigenvalue weighted by Crippen LogP contribution is 2.14. The number of amides is 1. The van der Waals surface area contributed by atoms with Gasteiger partial charge in [-0.15, -0.1) is 0 Å². The summed E-state index contributed by atoms with van der Waals surface area (Å²) in [6.45, 7) is 6.96. The Hall–Kier alpha value is -2.05. The molecule has 0 saturated carbocycles. The predicted octanol–water partition coefficient (Wildman–Crippen LogP) is 1.37. The van der Waals surface area contributed by atoms with Crippen molar-refractivity contribution in [2.45, 2.75) is 39.3 Å². The van der Waals surface area contributed by atoms with Crippen LogP contribution < -0.4 is 0 Å². The summed E-state index contributed by atoms with van der Waals surface area (Å²) in [4.78, 5) is 28.6. The lowest BCUT2D eigenvalue weighted by atomic mass is 10.2. The molecular weight excluding hydrogens is 262 g/mol. The zero-order valence-electron chi connectivity index (χ0n) is 11.9. The van der Waals surface area contributed by atoms with Gasteiger partial charge in [-0.1, -0.05) is 0 Å². The number of carboxylic acids is 1. The van der Waals surface area contributed by atoms with Gasteiger partial charge < -0.3 is 19.3 Å².